The van der Waals surface area contributed by atoms with Gasteiger partial charge in [0, 0.05) is 6.04 Å². The van der Waals surface area contributed by atoms with Crippen LogP contribution in [-0.2, 0) is 0 Å². The molecule has 0 saturated heterocycles. The van der Waals surface area contributed by atoms with E-state index < -0.39 is 0 Å². The molecule has 0 spiro atoms. The minimum absolute atomic E-state index is 0.235. The Morgan fingerprint density at radius 3 is 2.62 bits per heavy atom. The Bertz CT molecular complexity index is 370. The molecule has 0 amide bonds. The molecule has 3 nitrogen and oxygen atoms in total. The number of nitrogens with zero attached hydrogens (tertiary/aromatic N) is 2. The molecular weight excluding hydrogens is 162 g/mol. The number of benzene rings is 1. The maximum absolute atomic E-state index is 8.75. The Morgan fingerprint density at radius 2 is 2.00 bits per heavy atom. The molecule has 2 N–H and O–H groups in total. The Hall–Kier alpha value is -1.84. The van der Waals surface area contributed by atoms with Crippen LogP contribution in [0, 0.1) is 22.7 Å². The topological polar surface area (TPSA) is 73.6 Å². The smallest absolute Gasteiger partial charge is 0.0995 e. The fourth-order valence-corrected chi connectivity index (χ4v) is 1.13. The second-order valence-corrected chi connectivity index (χ2v) is 2.67. The molecule has 0 heterocycles. The summed E-state index contributed by atoms with van der Waals surface area (Å²) in [5.74, 6) is 0. The van der Waals surface area contributed by atoms with Crippen LogP contribution in [0.2, 0.25) is 0 Å². The Kier molecular flexibility index (Phi) is 3.03. The number of nitrogens with two attached hydrogens (primary N) is 1. The summed E-state index contributed by atoms with van der Waals surface area (Å²) >= 11 is 0. The standard InChI is InChI=1S/C10H9N3/c11-6-5-10(13)9-4-2-1-3-8(9)7-12/h1-4,10H,5,13H2. The van der Waals surface area contributed by atoms with Crippen LogP contribution in [0.1, 0.15) is 23.6 Å². The molecule has 0 fully saturated rings. The molecule has 0 bridgehead atoms. The monoisotopic (exact) mass is 171 g/mol. The molecule has 0 aliphatic carbocycles. The van der Waals surface area contributed by atoms with Crippen molar-refractivity contribution in [2.24, 2.45) is 5.73 Å². The first kappa shape index (κ1) is 9.25. The van der Waals surface area contributed by atoms with Crippen molar-refractivity contribution in [3.8, 4) is 12.1 Å². The number of hydrogen-bond donors (Lipinski definition) is 1. The van der Waals surface area contributed by atoms with E-state index in [1.54, 1.807) is 18.2 Å². The third-order valence-corrected chi connectivity index (χ3v) is 1.79. The van der Waals surface area contributed by atoms with Gasteiger partial charge in [-0.05, 0) is 11.6 Å². The molecule has 1 aromatic rings. The minimum Gasteiger partial charge on any atom is -0.323 e. The van der Waals surface area contributed by atoms with E-state index in [4.69, 9.17) is 16.3 Å². The van der Waals surface area contributed by atoms with Gasteiger partial charge in [-0.25, -0.2) is 0 Å². The molecule has 1 aromatic carbocycles. The maximum Gasteiger partial charge on any atom is 0.0995 e. The first-order valence-corrected chi connectivity index (χ1v) is 3.91. The molecule has 3 heteroatoms. The molecule has 0 aliphatic heterocycles. The first-order valence-electron chi connectivity index (χ1n) is 3.91. The molecule has 0 aromatic heterocycles. The summed E-state index contributed by atoms with van der Waals surface area (Å²) in [6.45, 7) is 0. The van der Waals surface area contributed by atoms with Crippen LogP contribution in [0.15, 0.2) is 24.3 Å². The summed E-state index contributed by atoms with van der Waals surface area (Å²) in [4.78, 5) is 0. The van der Waals surface area contributed by atoms with Gasteiger partial charge in [0.1, 0.15) is 0 Å². The zero-order valence-electron chi connectivity index (χ0n) is 7.07. The Morgan fingerprint density at radius 1 is 1.31 bits per heavy atom. The van der Waals surface area contributed by atoms with E-state index in [1.165, 1.54) is 0 Å². The molecule has 1 atom stereocenters. The second-order valence-electron chi connectivity index (χ2n) is 2.67. The third kappa shape index (κ3) is 2.05. The summed E-state index contributed by atoms with van der Waals surface area (Å²) in [5, 5.41) is 17.2. The quantitative estimate of drug-likeness (QED) is 0.732. The van der Waals surface area contributed by atoms with Crippen LogP contribution in [-0.4, -0.2) is 0 Å². The van der Waals surface area contributed by atoms with Crippen molar-refractivity contribution in [1.82, 2.24) is 0 Å². The van der Waals surface area contributed by atoms with Crippen molar-refractivity contribution in [2.45, 2.75) is 12.5 Å². The van der Waals surface area contributed by atoms with E-state index in [-0.39, 0.29) is 12.5 Å². The lowest BCUT2D eigenvalue weighted by Gasteiger charge is -2.08. The lowest BCUT2D eigenvalue weighted by atomic mass is 10.00. The summed E-state index contributed by atoms with van der Waals surface area (Å²) in [5.41, 5.74) is 7.00. The molecule has 13 heavy (non-hydrogen) atoms. The minimum atomic E-state index is -0.360. The fraction of sp³-hybridized carbons (Fsp3) is 0.200. The van der Waals surface area contributed by atoms with Gasteiger partial charge in [-0.1, -0.05) is 18.2 Å². The molecule has 1 unspecified atom stereocenters. The van der Waals surface area contributed by atoms with Gasteiger partial charge in [-0.15, -0.1) is 0 Å². The van der Waals surface area contributed by atoms with Gasteiger partial charge < -0.3 is 5.73 Å². The molecule has 0 saturated carbocycles. The summed E-state index contributed by atoms with van der Waals surface area (Å²) in [7, 11) is 0. The van der Waals surface area contributed by atoms with Crippen molar-refractivity contribution in [3.05, 3.63) is 35.4 Å². The van der Waals surface area contributed by atoms with Crippen molar-refractivity contribution in [3.63, 3.8) is 0 Å². The van der Waals surface area contributed by atoms with Gasteiger partial charge in [0.25, 0.3) is 0 Å². The lowest BCUT2D eigenvalue weighted by Crippen LogP contribution is -2.10. The van der Waals surface area contributed by atoms with E-state index in [9.17, 15) is 0 Å². The van der Waals surface area contributed by atoms with E-state index in [2.05, 4.69) is 0 Å². The highest BCUT2D eigenvalue weighted by molar-refractivity contribution is 5.39. The van der Waals surface area contributed by atoms with Crippen LogP contribution >= 0.6 is 0 Å². The Labute approximate surface area is 77.0 Å². The summed E-state index contributed by atoms with van der Waals surface area (Å²) in [6.07, 6.45) is 0.235. The number of rotatable bonds is 2. The van der Waals surface area contributed by atoms with Gasteiger partial charge in [-0.3, -0.25) is 0 Å². The summed E-state index contributed by atoms with van der Waals surface area (Å²) < 4.78 is 0. The van der Waals surface area contributed by atoms with Gasteiger partial charge >= 0.3 is 0 Å². The Balaban J connectivity index is 3.02. The molecular formula is C10H9N3. The molecule has 0 aliphatic rings. The van der Waals surface area contributed by atoms with Crippen LogP contribution in [0.5, 0.6) is 0 Å². The fourth-order valence-electron chi connectivity index (χ4n) is 1.13. The highest BCUT2D eigenvalue weighted by atomic mass is 14.6. The average molecular weight is 171 g/mol. The number of hydrogen-bond acceptors (Lipinski definition) is 3. The normalized spacial score (nSPS) is 11.3. The van der Waals surface area contributed by atoms with E-state index >= 15 is 0 Å². The van der Waals surface area contributed by atoms with Gasteiger partial charge in [-0.2, -0.15) is 10.5 Å². The molecule has 0 radical (unpaired) electrons. The van der Waals surface area contributed by atoms with Crippen molar-refractivity contribution in [2.75, 3.05) is 0 Å². The van der Waals surface area contributed by atoms with E-state index in [1.807, 2.05) is 18.2 Å². The summed E-state index contributed by atoms with van der Waals surface area (Å²) in [6, 6.07) is 10.7. The zero-order valence-corrected chi connectivity index (χ0v) is 7.07. The predicted octanol–water partition coefficient (Wildman–Crippen LogP) is 1.47. The predicted molar refractivity (Wildman–Crippen MR) is 48.3 cm³/mol. The SMILES string of the molecule is N#CCC(N)c1ccccc1C#N. The third-order valence-electron chi connectivity index (χ3n) is 1.79. The molecule has 64 valence electrons. The number of nitriles is 2. The zero-order chi connectivity index (χ0) is 9.68. The maximum atomic E-state index is 8.75. The van der Waals surface area contributed by atoms with Crippen LogP contribution in [0.4, 0.5) is 0 Å². The largest absolute Gasteiger partial charge is 0.323 e. The van der Waals surface area contributed by atoms with E-state index in [0.717, 1.165) is 5.56 Å². The van der Waals surface area contributed by atoms with Gasteiger partial charge in [0.05, 0.1) is 24.1 Å². The van der Waals surface area contributed by atoms with Crippen molar-refractivity contribution in [1.29, 1.82) is 10.5 Å². The van der Waals surface area contributed by atoms with Crippen molar-refractivity contribution >= 4 is 0 Å². The van der Waals surface area contributed by atoms with E-state index in [0.29, 0.717) is 5.56 Å². The van der Waals surface area contributed by atoms with Gasteiger partial charge in [0.2, 0.25) is 0 Å². The first-order chi connectivity index (χ1) is 6.29. The highest BCUT2D eigenvalue weighted by Crippen LogP contribution is 2.17. The van der Waals surface area contributed by atoms with Crippen LogP contribution in [0.3, 0.4) is 0 Å². The van der Waals surface area contributed by atoms with Gasteiger partial charge in [0.15, 0.2) is 0 Å². The second kappa shape index (κ2) is 4.25. The molecule has 1 rings (SSSR count). The average Bonchev–Trinajstić information content (AvgIpc) is 2.18. The van der Waals surface area contributed by atoms with Crippen molar-refractivity contribution < 1.29 is 0 Å². The van der Waals surface area contributed by atoms with Crippen LogP contribution in [0.25, 0.3) is 0 Å². The highest BCUT2D eigenvalue weighted by Gasteiger charge is 2.08. The van der Waals surface area contributed by atoms with Crippen LogP contribution < -0.4 is 5.73 Å². The lowest BCUT2D eigenvalue weighted by molar-refractivity contribution is 0.746.